The highest BCUT2D eigenvalue weighted by atomic mass is 32.2. The lowest BCUT2D eigenvalue weighted by atomic mass is 10.3. The van der Waals surface area contributed by atoms with Crippen molar-refractivity contribution in [1.82, 2.24) is 9.71 Å². The number of nitrogens with one attached hydrogen (secondary N) is 2. The summed E-state index contributed by atoms with van der Waals surface area (Å²) in [6.45, 7) is 0.00731. The summed E-state index contributed by atoms with van der Waals surface area (Å²) in [6.07, 6.45) is 1.22. The van der Waals surface area contributed by atoms with Gasteiger partial charge in [-0.05, 0) is 12.5 Å². The van der Waals surface area contributed by atoms with Gasteiger partial charge < -0.3 is 14.8 Å². The molecule has 0 radical (unpaired) electrons. The Labute approximate surface area is 109 Å². The second-order valence-corrected chi connectivity index (χ2v) is 5.40. The molecule has 19 heavy (non-hydrogen) atoms. The van der Waals surface area contributed by atoms with E-state index in [9.17, 15) is 18.0 Å². The van der Waals surface area contributed by atoms with Crippen molar-refractivity contribution in [3.63, 3.8) is 0 Å². The Hall–Kier alpha value is -1.87. The van der Waals surface area contributed by atoms with Gasteiger partial charge in [0.05, 0.1) is 7.11 Å². The van der Waals surface area contributed by atoms with E-state index in [-0.39, 0.29) is 30.0 Å². The van der Waals surface area contributed by atoms with Gasteiger partial charge in [0.15, 0.2) is 0 Å². The number of aromatic amines is 1. The minimum atomic E-state index is -3.76. The molecule has 0 aliphatic heterocycles. The lowest BCUT2D eigenvalue weighted by Gasteiger charge is -2.03. The number of H-pyrrole nitrogens is 1. The average Bonchev–Trinajstić information content (AvgIpc) is 2.84. The smallest absolute Gasteiger partial charge is 0.354 e. The summed E-state index contributed by atoms with van der Waals surface area (Å²) >= 11 is 0. The first-order valence-corrected chi connectivity index (χ1v) is 6.83. The lowest BCUT2D eigenvalue weighted by molar-refractivity contribution is -0.137. The monoisotopic (exact) mass is 290 g/mol. The minimum absolute atomic E-state index is 0.00731. The highest BCUT2D eigenvalue weighted by Gasteiger charge is 2.18. The normalized spacial score (nSPS) is 11.2. The van der Waals surface area contributed by atoms with Crippen LogP contribution < -0.4 is 4.72 Å². The Morgan fingerprint density at radius 3 is 2.74 bits per heavy atom. The van der Waals surface area contributed by atoms with Crippen LogP contribution in [0.15, 0.2) is 17.2 Å². The molecule has 1 aromatic heterocycles. The summed E-state index contributed by atoms with van der Waals surface area (Å²) in [5.41, 5.74) is 0.0217. The summed E-state index contributed by atoms with van der Waals surface area (Å²) in [7, 11) is -2.58. The van der Waals surface area contributed by atoms with Gasteiger partial charge in [0.1, 0.15) is 10.6 Å². The fourth-order valence-corrected chi connectivity index (χ4v) is 2.35. The molecule has 1 heterocycles. The van der Waals surface area contributed by atoms with E-state index in [0.717, 1.165) is 12.3 Å². The topological polar surface area (TPSA) is 126 Å². The summed E-state index contributed by atoms with van der Waals surface area (Å²) in [4.78, 5) is 23.8. The van der Waals surface area contributed by atoms with Crippen LogP contribution in [0, 0.1) is 0 Å². The van der Waals surface area contributed by atoms with Gasteiger partial charge in [-0.15, -0.1) is 0 Å². The maximum atomic E-state index is 11.8. The van der Waals surface area contributed by atoms with Gasteiger partial charge in [0.25, 0.3) is 0 Å². The molecule has 1 aromatic rings. The minimum Gasteiger partial charge on any atom is -0.481 e. The highest BCUT2D eigenvalue weighted by molar-refractivity contribution is 7.89. The van der Waals surface area contributed by atoms with Crippen molar-refractivity contribution >= 4 is 22.0 Å². The Bertz CT molecular complexity index is 562. The van der Waals surface area contributed by atoms with Crippen LogP contribution in [-0.4, -0.2) is 44.1 Å². The van der Waals surface area contributed by atoms with Gasteiger partial charge in [-0.2, -0.15) is 0 Å². The number of rotatable bonds is 7. The maximum absolute atomic E-state index is 11.8. The van der Waals surface area contributed by atoms with Crippen molar-refractivity contribution in [2.45, 2.75) is 17.7 Å². The van der Waals surface area contributed by atoms with E-state index in [0.29, 0.717) is 0 Å². The molecule has 0 aliphatic rings. The Morgan fingerprint density at radius 1 is 1.47 bits per heavy atom. The van der Waals surface area contributed by atoms with Crippen molar-refractivity contribution in [2.75, 3.05) is 13.7 Å². The van der Waals surface area contributed by atoms with Crippen molar-refractivity contribution in [3.05, 3.63) is 18.0 Å². The molecule has 0 unspecified atom stereocenters. The van der Waals surface area contributed by atoms with Crippen LogP contribution in [0.4, 0.5) is 0 Å². The number of sulfonamides is 1. The third-order valence-corrected chi connectivity index (χ3v) is 3.67. The zero-order chi connectivity index (χ0) is 14.5. The number of esters is 1. The fourth-order valence-electron chi connectivity index (χ4n) is 1.29. The summed E-state index contributed by atoms with van der Waals surface area (Å²) in [5, 5.41) is 8.42. The second kappa shape index (κ2) is 6.34. The van der Waals surface area contributed by atoms with Crippen molar-refractivity contribution in [3.8, 4) is 0 Å². The van der Waals surface area contributed by atoms with E-state index in [1.807, 2.05) is 0 Å². The number of hydrogen-bond donors (Lipinski definition) is 3. The van der Waals surface area contributed by atoms with E-state index in [2.05, 4.69) is 14.4 Å². The molecule has 0 bridgehead atoms. The molecule has 0 saturated carbocycles. The van der Waals surface area contributed by atoms with Crippen LogP contribution in [0.25, 0.3) is 0 Å². The van der Waals surface area contributed by atoms with Gasteiger partial charge in [0.2, 0.25) is 10.0 Å². The molecule has 0 spiro atoms. The molecule has 8 nitrogen and oxygen atoms in total. The first-order chi connectivity index (χ1) is 8.86. The van der Waals surface area contributed by atoms with Crippen molar-refractivity contribution in [2.24, 2.45) is 0 Å². The number of aromatic nitrogens is 1. The van der Waals surface area contributed by atoms with E-state index < -0.39 is 22.0 Å². The average molecular weight is 290 g/mol. The zero-order valence-corrected chi connectivity index (χ0v) is 11.0. The van der Waals surface area contributed by atoms with Crippen LogP contribution in [0.2, 0.25) is 0 Å². The van der Waals surface area contributed by atoms with Crippen LogP contribution in [-0.2, 0) is 19.6 Å². The molecule has 0 amide bonds. The van der Waals surface area contributed by atoms with Gasteiger partial charge in [-0.25, -0.2) is 17.9 Å². The third kappa shape index (κ3) is 4.38. The zero-order valence-electron chi connectivity index (χ0n) is 10.2. The van der Waals surface area contributed by atoms with E-state index in [1.165, 1.54) is 7.11 Å². The maximum Gasteiger partial charge on any atom is 0.354 e. The SMILES string of the molecule is COC(=O)c1cc(S(=O)(=O)NCCCC(=O)O)c[nH]1. The number of carbonyl (C=O) groups excluding carboxylic acids is 1. The molecule has 0 saturated heterocycles. The van der Waals surface area contributed by atoms with Gasteiger partial charge in [-0.1, -0.05) is 0 Å². The number of methoxy groups -OCH3 is 1. The van der Waals surface area contributed by atoms with Crippen LogP contribution in [0.3, 0.4) is 0 Å². The quantitative estimate of drug-likeness (QED) is 0.477. The number of carboxylic acids is 1. The van der Waals surface area contributed by atoms with Gasteiger partial charge in [-0.3, -0.25) is 4.79 Å². The standard InChI is InChI=1S/C10H14N2O6S/c1-18-10(15)8-5-7(6-11-8)19(16,17)12-4-2-3-9(13)14/h5-6,11-12H,2-4H2,1H3,(H,13,14). The molecule has 3 N–H and O–H groups in total. The molecule has 1 rings (SSSR count). The van der Waals surface area contributed by atoms with Crippen LogP contribution >= 0.6 is 0 Å². The number of carbonyl (C=O) groups is 2. The predicted octanol–water partition coefficient (Wildman–Crippen LogP) is -0.0556. The molecule has 0 aromatic carbocycles. The summed E-state index contributed by atoms with van der Waals surface area (Å²) in [5.74, 6) is -1.67. The van der Waals surface area contributed by atoms with E-state index >= 15 is 0 Å². The molecular formula is C10H14N2O6S. The van der Waals surface area contributed by atoms with Crippen molar-refractivity contribution < 1.29 is 27.9 Å². The molecule has 9 heteroatoms. The first-order valence-electron chi connectivity index (χ1n) is 5.35. The Balaban J connectivity index is 2.64. The van der Waals surface area contributed by atoms with Gasteiger partial charge >= 0.3 is 11.9 Å². The van der Waals surface area contributed by atoms with Crippen molar-refractivity contribution in [1.29, 1.82) is 0 Å². The fraction of sp³-hybridized carbons (Fsp3) is 0.400. The van der Waals surface area contributed by atoms with Crippen LogP contribution in [0.1, 0.15) is 23.3 Å². The summed E-state index contributed by atoms with van der Waals surface area (Å²) in [6, 6.07) is 1.14. The lowest BCUT2D eigenvalue weighted by Crippen LogP contribution is -2.24. The molecule has 0 atom stereocenters. The highest BCUT2D eigenvalue weighted by Crippen LogP contribution is 2.11. The summed E-state index contributed by atoms with van der Waals surface area (Å²) < 4.78 is 30.2. The molecular weight excluding hydrogens is 276 g/mol. The molecule has 106 valence electrons. The predicted molar refractivity (Wildman–Crippen MR) is 64.2 cm³/mol. The largest absolute Gasteiger partial charge is 0.481 e. The number of aliphatic carboxylic acids is 1. The third-order valence-electron chi connectivity index (χ3n) is 2.23. The Morgan fingerprint density at radius 2 is 2.16 bits per heavy atom. The number of ether oxygens (including phenoxy) is 1. The first kappa shape index (κ1) is 15.2. The second-order valence-electron chi connectivity index (χ2n) is 3.64. The number of carboxylic acid groups (broad SMARTS) is 1. The van der Waals surface area contributed by atoms with Gasteiger partial charge in [0, 0.05) is 19.2 Å². The van der Waals surface area contributed by atoms with E-state index in [1.54, 1.807) is 0 Å². The Kier molecular flexibility index (Phi) is 5.07. The van der Waals surface area contributed by atoms with Crippen LogP contribution in [0.5, 0.6) is 0 Å². The molecule has 0 aliphatic carbocycles. The molecule has 0 fully saturated rings. The van der Waals surface area contributed by atoms with E-state index in [4.69, 9.17) is 5.11 Å². The number of hydrogen-bond acceptors (Lipinski definition) is 5.